The Labute approximate surface area is 115 Å². The Morgan fingerprint density at radius 3 is 2.84 bits per heavy atom. The second kappa shape index (κ2) is 5.97. The lowest BCUT2D eigenvalue weighted by atomic mass is 10.00. The van der Waals surface area contributed by atoms with Crippen LogP contribution in [0.15, 0.2) is 17.5 Å². The lowest BCUT2D eigenvalue weighted by Gasteiger charge is -2.19. The summed E-state index contributed by atoms with van der Waals surface area (Å²) in [5.41, 5.74) is 0. The molecular formula is C13H15NO4S. The molecule has 102 valence electrons. The summed E-state index contributed by atoms with van der Waals surface area (Å²) in [7, 11) is 1.27. The largest absolute Gasteiger partial charge is 0.468 e. The molecular weight excluding hydrogens is 266 g/mol. The van der Waals surface area contributed by atoms with Crippen molar-refractivity contribution in [1.29, 1.82) is 0 Å². The van der Waals surface area contributed by atoms with E-state index in [1.807, 2.05) is 11.4 Å². The van der Waals surface area contributed by atoms with Gasteiger partial charge in [-0.25, -0.2) is 0 Å². The molecule has 0 spiro atoms. The number of thiophene rings is 1. The standard InChI is InChI=1S/C13H15NO4S/c1-18-13(17)9-4-6-14(7-5-10(9)15)12(16)11-3-2-8-19-11/h2-3,8-9H,4-7H2,1H3. The fourth-order valence-corrected chi connectivity index (χ4v) is 2.82. The Bertz CT molecular complexity index is 483. The molecule has 1 amide bonds. The van der Waals surface area contributed by atoms with Crippen molar-refractivity contribution in [3.05, 3.63) is 22.4 Å². The molecule has 2 heterocycles. The summed E-state index contributed by atoms with van der Waals surface area (Å²) in [6.45, 7) is 0.769. The van der Waals surface area contributed by atoms with Crippen molar-refractivity contribution in [1.82, 2.24) is 4.90 Å². The number of carbonyl (C=O) groups is 3. The van der Waals surface area contributed by atoms with Gasteiger partial charge >= 0.3 is 5.97 Å². The first-order valence-electron chi connectivity index (χ1n) is 6.07. The average Bonchev–Trinajstić information content (AvgIpc) is 2.88. The third-order valence-electron chi connectivity index (χ3n) is 3.21. The lowest BCUT2D eigenvalue weighted by Crippen LogP contribution is -2.31. The minimum absolute atomic E-state index is 0.0756. The van der Waals surface area contributed by atoms with Crippen molar-refractivity contribution in [3.8, 4) is 0 Å². The molecule has 0 bridgehead atoms. The van der Waals surface area contributed by atoms with Crippen LogP contribution in [0.3, 0.4) is 0 Å². The molecule has 1 unspecified atom stereocenters. The molecule has 6 heteroatoms. The molecule has 5 nitrogen and oxygen atoms in total. The first kappa shape index (κ1) is 13.7. The van der Waals surface area contributed by atoms with Crippen molar-refractivity contribution in [2.24, 2.45) is 5.92 Å². The van der Waals surface area contributed by atoms with E-state index in [0.29, 0.717) is 24.4 Å². The van der Waals surface area contributed by atoms with Crippen LogP contribution in [0.25, 0.3) is 0 Å². The second-order valence-electron chi connectivity index (χ2n) is 4.35. The predicted octanol–water partition coefficient (Wildman–Crippen LogP) is 1.34. The fraction of sp³-hybridized carbons (Fsp3) is 0.462. The smallest absolute Gasteiger partial charge is 0.316 e. The van der Waals surface area contributed by atoms with E-state index in [9.17, 15) is 14.4 Å². The highest BCUT2D eigenvalue weighted by Crippen LogP contribution is 2.19. The maximum atomic E-state index is 12.2. The van der Waals surface area contributed by atoms with E-state index < -0.39 is 11.9 Å². The van der Waals surface area contributed by atoms with Gasteiger partial charge in [-0.1, -0.05) is 6.07 Å². The summed E-state index contributed by atoms with van der Waals surface area (Å²) < 4.78 is 4.62. The Hall–Kier alpha value is -1.69. The first-order chi connectivity index (χ1) is 9.13. The van der Waals surface area contributed by atoms with Crippen LogP contribution in [0.4, 0.5) is 0 Å². The van der Waals surface area contributed by atoms with Gasteiger partial charge < -0.3 is 9.64 Å². The molecule has 1 aliphatic heterocycles. The summed E-state index contributed by atoms with van der Waals surface area (Å²) >= 11 is 1.38. The van der Waals surface area contributed by atoms with Gasteiger partial charge in [0.05, 0.1) is 12.0 Å². The maximum absolute atomic E-state index is 12.2. The van der Waals surface area contributed by atoms with Gasteiger partial charge in [0, 0.05) is 19.5 Å². The minimum Gasteiger partial charge on any atom is -0.468 e. The van der Waals surface area contributed by atoms with Crippen LogP contribution in [0.2, 0.25) is 0 Å². The Morgan fingerprint density at radius 2 is 2.21 bits per heavy atom. The predicted molar refractivity (Wildman–Crippen MR) is 70.0 cm³/mol. The van der Waals surface area contributed by atoms with Crippen LogP contribution < -0.4 is 0 Å². The SMILES string of the molecule is COC(=O)C1CCN(C(=O)c2cccs2)CCC1=O. The molecule has 1 aromatic rings. The number of rotatable bonds is 2. The normalized spacial score (nSPS) is 19.9. The maximum Gasteiger partial charge on any atom is 0.316 e. The number of ketones is 1. The summed E-state index contributed by atoms with van der Waals surface area (Å²) in [6.07, 6.45) is 0.541. The summed E-state index contributed by atoms with van der Waals surface area (Å²) in [5, 5.41) is 1.84. The molecule has 0 aromatic carbocycles. The lowest BCUT2D eigenvalue weighted by molar-refractivity contribution is -0.149. The topological polar surface area (TPSA) is 63.7 Å². The number of esters is 1. The molecule has 1 fully saturated rings. The van der Waals surface area contributed by atoms with Gasteiger partial charge in [0.15, 0.2) is 0 Å². The minimum atomic E-state index is -0.730. The summed E-state index contributed by atoms with van der Waals surface area (Å²) in [6, 6.07) is 3.58. The van der Waals surface area contributed by atoms with Crippen molar-refractivity contribution in [2.45, 2.75) is 12.8 Å². The zero-order chi connectivity index (χ0) is 13.8. The zero-order valence-electron chi connectivity index (χ0n) is 10.6. The number of amides is 1. The van der Waals surface area contributed by atoms with Gasteiger partial charge in [-0.2, -0.15) is 0 Å². The van der Waals surface area contributed by atoms with E-state index in [1.165, 1.54) is 18.4 Å². The molecule has 0 saturated carbocycles. The number of nitrogens with zero attached hydrogens (tertiary/aromatic N) is 1. The first-order valence-corrected chi connectivity index (χ1v) is 6.94. The number of carbonyl (C=O) groups excluding carboxylic acids is 3. The van der Waals surface area contributed by atoms with Crippen LogP contribution in [0, 0.1) is 5.92 Å². The highest BCUT2D eigenvalue weighted by atomic mass is 32.1. The van der Waals surface area contributed by atoms with Crippen LogP contribution in [-0.2, 0) is 14.3 Å². The highest BCUT2D eigenvalue weighted by molar-refractivity contribution is 7.12. The van der Waals surface area contributed by atoms with E-state index >= 15 is 0 Å². The molecule has 2 rings (SSSR count). The third kappa shape index (κ3) is 3.01. The molecule has 1 saturated heterocycles. The summed E-state index contributed by atoms with van der Waals surface area (Å²) in [4.78, 5) is 37.8. The monoisotopic (exact) mass is 281 g/mol. The van der Waals surface area contributed by atoms with E-state index in [4.69, 9.17) is 0 Å². The van der Waals surface area contributed by atoms with E-state index in [1.54, 1.807) is 11.0 Å². The van der Waals surface area contributed by atoms with Gasteiger partial charge in [-0.05, 0) is 17.9 Å². The molecule has 0 aliphatic carbocycles. The van der Waals surface area contributed by atoms with Crippen LogP contribution in [0.1, 0.15) is 22.5 Å². The van der Waals surface area contributed by atoms with E-state index in [-0.39, 0.29) is 18.1 Å². The molecule has 1 aromatic heterocycles. The Balaban J connectivity index is 2.06. The van der Waals surface area contributed by atoms with Gasteiger partial charge in [0.25, 0.3) is 5.91 Å². The number of ether oxygens (including phenoxy) is 1. The number of Topliss-reactive ketones (excluding diaryl/α,β-unsaturated/α-hetero) is 1. The Morgan fingerprint density at radius 1 is 1.42 bits per heavy atom. The van der Waals surface area contributed by atoms with Crippen LogP contribution in [0.5, 0.6) is 0 Å². The number of methoxy groups -OCH3 is 1. The Kier molecular flexibility index (Phi) is 4.31. The second-order valence-corrected chi connectivity index (χ2v) is 5.30. The van der Waals surface area contributed by atoms with Gasteiger partial charge in [-0.3, -0.25) is 14.4 Å². The third-order valence-corrected chi connectivity index (χ3v) is 4.07. The van der Waals surface area contributed by atoms with Gasteiger partial charge in [0.2, 0.25) is 0 Å². The van der Waals surface area contributed by atoms with E-state index in [0.717, 1.165) is 0 Å². The molecule has 1 atom stereocenters. The van der Waals surface area contributed by atoms with Crippen molar-refractivity contribution in [2.75, 3.05) is 20.2 Å². The van der Waals surface area contributed by atoms with Crippen LogP contribution >= 0.6 is 11.3 Å². The number of hydrogen-bond acceptors (Lipinski definition) is 5. The van der Waals surface area contributed by atoms with Crippen molar-refractivity contribution < 1.29 is 19.1 Å². The highest BCUT2D eigenvalue weighted by Gasteiger charge is 2.32. The fourth-order valence-electron chi connectivity index (χ4n) is 2.13. The zero-order valence-corrected chi connectivity index (χ0v) is 11.4. The van der Waals surface area contributed by atoms with Gasteiger partial charge in [0.1, 0.15) is 11.7 Å². The van der Waals surface area contributed by atoms with E-state index in [2.05, 4.69) is 4.74 Å². The molecule has 0 N–H and O–H groups in total. The quantitative estimate of drug-likeness (QED) is 0.606. The van der Waals surface area contributed by atoms with Crippen molar-refractivity contribution in [3.63, 3.8) is 0 Å². The summed E-state index contributed by atoms with van der Waals surface area (Å²) in [5.74, 6) is -1.46. The number of hydrogen-bond donors (Lipinski definition) is 0. The number of likely N-dealkylation sites (tertiary alicyclic amines) is 1. The molecule has 19 heavy (non-hydrogen) atoms. The molecule has 0 radical (unpaired) electrons. The van der Waals surface area contributed by atoms with Crippen molar-refractivity contribution >= 4 is 29.0 Å². The van der Waals surface area contributed by atoms with Gasteiger partial charge in [-0.15, -0.1) is 11.3 Å². The van der Waals surface area contributed by atoms with Crippen LogP contribution in [-0.4, -0.2) is 42.8 Å². The molecule has 1 aliphatic rings. The average molecular weight is 281 g/mol.